The molecule has 0 N–H and O–H groups in total. The highest BCUT2D eigenvalue weighted by Gasteiger charge is 2.33. The molecule has 0 bridgehead atoms. The van der Waals surface area contributed by atoms with E-state index in [9.17, 15) is 14.4 Å². The van der Waals surface area contributed by atoms with E-state index in [-0.39, 0.29) is 31.3 Å². The summed E-state index contributed by atoms with van der Waals surface area (Å²) < 4.78 is 10.6. The van der Waals surface area contributed by atoms with Gasteiger partial charge in [-0.25, -0.2) is 4.79 Å². The van der Waals surface area contributed by atoms with Gasteiger partial charge in [-0.3, -0.25) is 9.59 Å². The summed E-state index contributed by atoms with van der Waals surface area (Å²) in [6.07, 6.45) is 3.03. The molecule has 1 aromatic heterocycles. The Morgan fingerprint density at radius 1 is 1.19 bits per heavy atom. The summed E-state index contributed by atoms with van der Waals surface area (Å²) in [5, 5.41) is 1.82. The minimum Gasteiger partial charge on any atom is -0.460 e. The number of hydrogen-bond acceptors (Lipinski definition) is 6. The lowest BCUT2D eigenvalue weighted by molar-refractivity contribution is -0.167. The van der Waals surface area contributed by atoms with E-state index in [1.54, 1.807) is 12.1 Å². The van der Waals surface area contributed by atoms with E-state index >= 15 is 0 Å². The molecule has 0 spiro atoms. The van der Waals surface area contributed by atoms with Crippen molar-refractivity contribution in [2.24, 2.45) is 17.8 Å². The molecule has 0 amide bonds. The van der Waals surface area contributed by atoms with Crippen LogP contribution in [0, 0.1) is 17.8 Å². The average Bonchev–Trinajstić information content (AvgIpc) is 3.12. The maximum Gasteiger partial charge on any atom is 0.344 e. The first kappa shape index (κ1) is 20.6. The van der Waals surface area contributed by atoms with Crippen LogP contribution in [0.2, 0.25) is 0 Å². The molecule has 1 saturated carbocycles. The smallest absolute Gasteiger partial charge is 0.344 e. The van der Waals surface area contributed by atoms with Crippen molar-refractivity contribution in [3.63, 3.8) is 0 Å². The monoisotopic (exact) mass is 380 g/mol. The number of carbonyl (C=O) groups is 3. The Morgan fingerprint density at radius 3 is 2.62 bits per heavy atom. The number of ketones is 1. The molecule has 1 fully saturated rings. The minimum absolute atomic E-state index is 0.0287. The third kappa shape index (κ3) is 6.24. The van der Waals surface area contributed by atoms with E-state index in [0.717, 1.165) is 19.3 Å². The molecule has 1 heterocycles. The Morgan fingerprint density at radius 2 is 1.96 bits per heavy atom. The predicted molar refractivity (Wildman–Crippen MR) is 100 cm³/mol. The highest BCUT2D eigenvalue weighted by Crippen LogP contribution is 2.35. The zero-order chi connectivity index (χ0) is 19.1. The summed E-state index contributed by atoms with van der Waals surface area (Å²) in [6, 6.07) is 3.52. The number of carbonyl (C=O) groups excluding carboxylic acids is 3. The van der Waals surface area contributed by atoms with Crippen LogP contribution in [0.25, 0.3) is 0 Å². The topological polar surface area (TPSA) is 69.7 Å². The van der Waals surface area contributed by atoms with Crippen molar-refractivity contribution >= 4 is 29.1 Å². The van der Waals surface area contributed by atoms with Gasteiger partial charge in [-0.2, -0.15) is 0 Å². The summed E-state index contributed by atoms with van der Waals surface area (Å²) in [7, 11) is 0. The Bertz CT molecular complexity index is 608. The number of thiophene rings is 1. The highest BCUT2D eigenvalue weighted by molar-refractivity contribution is 7.12. The second-order valence-corrected chi connectivity index (χ2v) is 8.36. The van der Waals surface area contributed by atoms with Crippen LogP contribution in [0.3, 0.4) is 0 Å². The van der Waals surface area contributed by atoms with Crippen molar-refractivity contribution < 1.29 is 23.9 Å². The summed E-state index contributed by atoms with van der Waals surface area (Å²) in [6.45, 7) is 6.07. The molecule has 26 heavy (non-hydrogen) atoms. The molecule has 3 atom stereocenters. The first-order chi connectivity index (χ1) is 12.4. The standard InChI is InChI=1S/C20H28O5S/c1-13(2)15-7-6-14(3)11-17(15)25-20(23)12-24-19(22)9-8-16(21)18-5-4-10-26-18/h4-5,10,13-15,17H,6-9,11-12H2,1-3H3. The lowest BCUT2D eigenvalue weighted by atomic mass is 9.75. The van der Waals surface area contributed by atoms with Gasteiger partial charge >= 0.3 is 11.9 Å². The Labute approximate surface area is 159 Å². The molecule has 3 unspecified atom stereocenters. The van der Waals surface area contributed by atoms with Crippen molar-refractivity contribution in [3.05, 3.63) is 22.4 Å². The Hall–Kier alpha value is -1.69. The van der Waals surface area contributed by atoms with E-state index in [1.807, 2.05) is 5.38 Å². The number of rotatable bonds is 8. The first-order valence-corrected chi connectivity index (χ1v) is 10.2. The van der Waals surface area contributed by atoms with Gasteiger partial charge in [-0.1, -0.05) is 33.3 Å². The molecule has 0 aromatic carbocycles. The lowest BCUT2D eigenvalue weighted by Gasteiger charge is -2.36. The normalized spacial score (nSPS) is 22.8. The van der Waals surface area contributed by atoms with Crippen LogP contribution < -0.4 is 0 Å². The molecular weight excluding hydrogens is 352 g/mol. The Kier molecular flexibility index (Phi) is 7.82. The second-order valence-electron chi connectivity index (χ2n) is 7.42. The summed E-state index contributed by atoms with van der Waals surface area (Å²) in [4.78, 5) is 36.3. The fraction of sp³-hybridized carbons (Fsp3) is 0.650. The van der Waals surface area contributed by atoms with Crippen LogP contribution in [0.4, 0.5) is 0 Å². The van der Waals surface area contributed by atoms with Gasteiger partial charge in [0.1, 0.15) is 6.10 Å². The maximum atomic E-state index is 12.1. The molecule has 1 aromatic rings. The molecular formula is C20H28O5S. The van der Waals surface area contributed by atoms with Crippen molar-refractivity contribution in [1.82, 2.24) is 0 Å². The van der Waals surface area contributed by atoms with E-state index in [4.69, 9.17) is 9.47 Å². The lowest BCUT2D eigenvalue weighted by Crippen LogP contribution is -2.36. The number of ether oxygens (including phenoxy) is 2. The van der Waals surface area contributed by atoms with Crippen molar-refractivity contribution in [3.8, 4) is 0 Å². The zero-order valence-electron chi connectivity index (χ0n) is 15.7. The van der Waals surface area contributed by atoms with E-state index < -0.39 is 11.9 Å². The fourth-order valence-electron chi connectivity index (χ4n) is 3.44. The third-order valence-corrected chi connectivity index (χ3v) is 5.86. The largest absolute Gasteiger partial charge is 0.460 e. The van der Waals surface area contributed by atoms with Crippen LogP contribution >= 0.6 is 11.3 Å². The number of Topliss-reactive ketones (excluding diaryl/α,β-unsaturated/α-hetero) is 1. The van der Waals surface area contributed by atoms with Gasteiger partial charge < -0.3 is 9.47 Å². The summed E-state index contributed by atoms with van der Waals surface area (Å²) >= 11 is 1.35. The Balaban J connectivity index is 1.71. The fourth-order valence-corrected chi connectivity index (χ4v) is 4.14. The van der Waals surface area contributed by atoms with Crippen LogP contribution in [-0.4, -0.2) is 30.4 Å². The number of esters is 2. The minimum atomic E-state index is -0.552. The molecule has 2 rings (SSSR count). The van der Waals surface area contributed by atoms with E-state index in [1.165, 1.54) is 11.3 Å². The van der Waals surface area contributed by atoms with Gasteiger partial charge in [0.15, 0.2) is 12.4 Å². The summed E-state index contributed by atoms with van der Waals surface area (Å²) in [5.74, 6) is 0.196. The summed E-state index contributed by atoms with van der Waals surface area (Å²) in [5.41, 5.74) is 0. The molecule has 0 saturated heterocycles. The quantitative estimate of drug-likeness (QED) is 0.498. The molecule has 144 valence electrons. The zero-order valence-corrected chi connectivity index (χ0v) is 16.6. The van der Waals surface area contributed by atoms with Crippen molar-refractivity contribution in [1.29, 1.82) is 0 Å². The van der Waals surface area contributed by atoms with E-state index in [0.29, 0.717) is 22.6 Å². The average molecular weight is 381 g/mol. The number of hydrogen-bond donors (Lipinski definition) is 0. The molecule has 0 radical (unpaired) electrons. The van der Waals surface area contributed by atoms with Gasteiger partial charge in [-0.05, 0) is 42.0 Å². The highest BCUT2D eigenvalue weighted by atomic mass is 32.1. The molecule has 6 heteroatoms. The van der Waals surface area contributed by atoms with Crippen LogP contribution in [0.5, 0.6) is 0 Å². The van der Waals surface area contributed by atoms with Gasteiger partial charge in [0.05, 0.1) is 11.3 Å². The van der Waals surface area contributed by atoms with Gasteiger partial charge in [-0.15, -0.1) is 11.3 Å². The SMILES string of the molecule is CC1CCC(C(C)C)C(OC(=O)COC(=O)CCC(=O)c2cccs2)C1. The van der Waals surface area contributed by atoms with Crippen molar-refractivity contribution in [2.45, 2.75) is 59.0 Å². The van der Waals surface area contributed by atoms with Crippen LogP contribution in [0.15, 0.2) is 17.5 Å². The second kappa shape index (κ2) is 9.86. The van der Waals surface area contributed by atoms with Crippen LogP contribution in [0.1, 0.15) is 62.5 Å². The van der Waals surface area contributed by atoms with Crippen molar-refractivity contribution in [2.75, 3.05) is 6.61 Å². The molecule has 0 aliphatic heterocycles. The van der Waals surface area contributed by atoms with Gasteiger partial charge in [0, 0.05) is 6.42 Å². The first-order valence-electron chi connectivity index (χ1n) is 9.28. The third-order valence-electron chi connectivity index (χ3n) is 4.95. The van der Waals surface area contributed by atoms with Crippen LogP contribution in [-0.2, 0) is 19.1 Å². The van der Waals surface area contributed by atoms with Gasteiger partial charge in [0.2, 0.25) is 0 Å². The van der Waals surface area contributed by atoms with E-state index in [2.05, 4.69) is 20.8 Å². The molecule has 1 aliphatic rings. The molecule has 5 nitrogen and oxygen atoms in total. The molecule has 1 aliphatic carbocycles. The predicted octanol–water partition coefficient (Wildman–Crippen LogP) is 4.26. The maximum absolute atomic E-state index is 12.1. The van der Waals surface area contributed by atoms with Gasteiger partial charge in [0.25, 0.3) is 0 Å².